The molecule has 0 spiro atoms. The Kier molecular flexibility index (Phi) is 4.93. The molecule has 6 heteroatoms. The van der Waals surface area contributed by atoms with Gasteiger partial charge in [0, 0.05) is 11.6 Å². The van der Waals surface area contributed by atoms with Gasteiger partial charge >= 0.3 is 0 Å². The highest BCUT2D eigenvalue weighted by Crippen LogP contribution is 2.28. The molecule has 0 saturated heterocycles. The first kappa shape index (κ1) is 15.0. The molecule has 1 heterocycles. The van der Waals surface area contributed by atoms with Crippen molar-refractivity contribution in [2.24, 2.45) is 0 Å². The first-order valence-corrected chi connectivity index (χ1v) is 7.04. The fraction of sp³-hybridized carbons (Fsp3) is 0.200. The summed E-state index contributed by atoms with van der Waals surface area (Å²) in [4.78, 5) is 11.4. The van der Waals surface area contributed by atoms with Gasteiger partial charge in [-0.25, -0.2) is 0 Å². The van der Waals surface area contributed by atoms with Gasteiger partial charge in [0.15, 0.2) is 0 Å². The minimum Gasteiger partial charge on any atom is -0.487 e. The summed E-state index contributed by atoms with van der Waals surface area (Å²) in [5.41, 5.74) is 1.35. The molecular weight excluding hydrogens is 290 g/mol. The number of nitro benzene ring substituents is 1. The Morgan fingerprint density at radius 2 is 2.24 bits per heavy atom. The van der Waals surface area contributed by atoms with Crippen molar-refractivity contribution in [3.63, 3.8) is 0 Å². The lowest BCUT2D eigenvalue weighted by molar-refractivity contribution is -0.385. The number of aliphatic hydroxyl groups excluding tert-OH is 1. The summed E-state index contributed by atoms with van der Waals surface area (Å²) in [6, 6.07) is 6.61. The maximum Gasteiger partial charge on any atom is 0.276 e. The zero-order chi connectivity index (χ0) is 15.2. The summed E-state index contributed by atoms with van der Waals surface area (Å²) in [6.45, 7) is 1.75. The summed E-state index contributed by atoms with van der Waals surface area (Å²) in [6.07, 6.45) is 0. The molecule has 2 rings (SSSR count). The van der Waals surface area contributed by atoms with E-state index in [1.54, 1.807) is 19.1 Å². The zero-order valence-electron chi connectivity index (χ0n) is 11.3. The quantitative estimate of drug-likeness (QED) is 0.535. The van der Waals surface area contributed by atoms with Gasteiger partial charge in [0.05, 0.1) is 15.4 Å². The van der Waals surface area contributed by atoms with E-state index in [0.29, 0.717) is 11.3 Å². The summed E-state index contributed by atoms with van der Waals surface area (Å²) < 4.78 is 5.67. The van der Waals surface area contributed by atoms with E-state index in [1.807, 2.05) is 11.4 Å². The van der Waals surface area contributed by atoms with Crippen LogP contribution in [0.25, 0.3) is 0 Å². The SMILES string of the molecule is Cc1c(OCc2sccc2C#CCO)cccc1[N+](=O)[O-]. The number of thiophene rings is 1. The molecule has 108 valence electrons. The second-order valence-electron chi connectivity index (χ2n) is 4.16. The fourth-order valence-corrected chi connectivity index (χ4v) is 2.54. The summed E-state index contributed by atoms with van der Waals surface area (Å²) in [5.74, 6) is 5.92. The molecule has 0 atom stereocenters. The lowest BCUT2D eigenvalue weighted by Gasteiger charge is -2.08. The van der Waals surface area contributed by atoms with Crippen LogP contribution in [0, 0.1) is 28.9 Å². The van der Waals surface area contributed by atoms with Gasteiger partial charge in [-0.15, -0.1) is 11.3 Å². The molecule has 1 N–H and O–H groups in total. The number of nitrogens with zero attached hydrogens (tertiary/aromatic N) is 1. The number of hydrogen-bond donors (Lipinski definition) is 1. The molecule has 5 nitrogen and oxygen atoms in total. The Hall–Kier alpha value is -2.36. The lowest BCUT2D eigenvalue weighted by Crippen LogP contribution is -1.99. The van der Waals surface area contributed by atoms with E-state index in [1.165, 1.54) is 17.4 Å². The summed E-state index contributed by atoms with van der Waals surface area (Å²) in [5, 5.41) is 21.5. The van der Waals surface area contributed by atoms with Crippen LogP contribution in [-0.2, 0) is 6.61 Å². The zero-order valence-corrected chi connectivity index (χ0v) is 12.1. The van der Waals surface area contributed by atoms with Gasteiger partial charge in [-0.05, 0) is 24.4 Å². The van der Waals surface area contributed by atoms with Crippen LogP contribution >= 0.6 is 11.3 Å². The molecule has 21 heavy (non-hydrogen) atoms. The standard InChI is InChI=1S/C15H13NO4S/c1-11-13(16(18)19)5-2-6-14(11)20-10-15-12(4-3-8-17)7-9-21-15/h2,5-7,9,17H,8,10H2,1H3. The van der Waals surface area contributed by atoms with Crippen molar-refractivity contribution in [1.82, 2.24) is 0 Å². The number of ether oxygens (including phenoxy) is 1. The Morgan fingerprint density at radius 1 is 1.43 bits per heavy atom. The third-order valence-electron chi connectivity index (χ3n) is 2.86. The van der Waals surface area contributed by atoms with Crippen LogP contribution in [0.5, 0.6) is 5.75 Å². The number of aliphatic hydroxyl groups is 1. The van der Waals surface area contributed by atoms with Crippen molar-refractivity contribution in [2.45, 2.75) is 13.5 Å². The Balaban J connectivity index is 2.16. The van der Waals surface area contributed by atoms with Crippen LogP contribution in [0.15, 0.2) is 29.6 Å². The smallest absolute Gasteiger partial charge is 0.276 e. The van der Waals surface area contributed by atoms with Crippen molar-refractivity contribution >= 4 is 17.0 Å². The first-order chi connectivity index (χ1) is 10.1. The molecule has 0 fully saturated rings. The molecule has 0 bridgehead atoms. The molecular formula is C15H13NO4S. The van der Waals surface area contributed by atoms with Crippen LogP contribution in [-0.4, -0.2) is 16.6 Å². The average Bonchev–Trinajstić information content (AvgIpc) is 2.91. The molecule has 1 aromatic carbocycles. The van der Waals surface area contributed by atoms with E-state index < -0.39 is 4.92 Å². The van der Waals surface area contributed by atoms with Crippen LogP contribution in [0.2, 0.25) is 0 Å². The predicted octanol–water partition coefficient (Wildman–Crippen LogP) is 2.89. The Morgan fingerprint density at radius 3 is 2.95 bits per heavy atom. The lowest BCUT2D eigenvalue weighted by atomic mass is 10.2. The number of rotatable bonds is 4. The second kappa shape index (κ2) is 6.88. The topological polar surface area (TPSA) is 72.6 Å². The molecule has 0 aliphatic heterocycles. The van der Waals surface area contributed by atoms with Gasteiger partial charge in [-0.2, -0.15) is 0 Å². The normalized spacial score (nSPS) is 9.81. The second-order valence-corrected chi connectivity index (χ2v) is 5.16. The molecule has 0 aliphatic carbocycles. The monoisotopic (exact) mass is 303 g/mol. The number of hydrogen-bond acceptors (Lipinski definition) is 5. The fourth-order valence-electron chi connectivity index (χ4n) is 1.80. The molecule has 0 unspecified atom stereocenters. The largest absolute Gasteiger partial charge is 0.487 e. The number of benzene rings is 1. The van der Waals surface area contributed by atoms with E-state index in [9.17, 15) is 10.1 Å². The van der Waals surface area contributed by atoms with E-state index in [2.05, 4.69) is 11.8 Å². The highest BCUT2D eigenvalue weighted by molar-refractivity contribution is 7.10. The van der Waals surface area contributed by atoms with Crippen molar-refractivity contribution in [3.05, 3.63) is 55.8 Å². The van der Waals surface area contributed by atoms with Crippen molar-refractivity contribution in [1.29, 1.82) is 0 Å². The van der Waals surface area contributed by atoms with Crippen LogP contribution in [0.1, 0.15) is 16.0 Å². The first-order valence-electron chi connectivity index (χ1n) is 6.16. The van der Waals surface area contributed by atoms with Gasteiger partial charge in [0.2, 0.25) is 0 Å². The van der Waals surface area contributed by atoms with Crippen molar-refractivity contribution in [3.8, 4) is 17.6 Å². The average molecular weight is 303 g/mol. The molecule has 0 amide bonds. The molecule has 2 aromatic rings. The molecule has 1 aromatic heterocycles. The number of nitro groups is 1. The van der Waals surface area contributed by atoms with Gasteiger partial charge in [-0.3, -0.25) is 10.1 Å². The van der Waals surface area contributed by atoms with Crippen LogP contribution < -0.4 is 4.74 Å². The molecule has 0 saturated carbocycles. The summed E-state index contributed by atoms with van der Waals surface area (Å²) >= 11 is 1.49. The Bertz CT molecular complexity index is 712. The minimum absolute atomic E-state index is 0.0407. The van der Waals surface area contributed by atoms with E-state index in [0.717, 1.165) is 10.4 Å². The maximum atomic E-state index is 10.9. The van der Waals surface area contributed by atoms with E-state index >= 15 is 0 Å². The highest BCUT2D eigenvalue weighted by atomic mass is 32.1. The predicted molar refractivity (Wildman–Crippen MR) is 80.4 cm³/mol. The van der Waals surface area contributed by atoms with Gasteiger partial charge < -0.3 is 9.84 Å². The van der Waals surface area contributed by atoms with Crippen LogP contribution in [0.3, 0.4) is 0 Å². The third kappa shape index (κ3) is 3.60. The Labute approximate surface area is 126 Å². The summed E-state index contributed by atoms with van der Waals surface area (Å²) in [7, 11) is 0. The van der Waals surface area contributed by atoms with Crippen LogP contribution in [0.4, 0.5) is 5.69 Å². The van der Waals surface area contributed by atoms with Gasteiger partial charge in [0.25, 0.3) is 5.69 Å². The van der Waals surface area contributed by atoms with Gasteiger partial charge in [-0.1, -0.05) is 17.9 Å². The van der Waals surface area contributed by atoms with Crippen molar-refractivity contribution < 1.29 is 14.8 Å². The maximum absolute atomic E-state index is 10.9. The highest BCUT2D eigenvalue weighted by Gasteiger charge is 2.14. The molecule has 0 aliphatic rings. The van der Waals surface area contributed by atoms with E-state index in [4.69, 9.17) is 9.84 Å². The molecule has 0 radical (unpaired) electrons. The minimum atomic E-state index is -0.425. The van der Waals surface area contributed by atoms with Crippen molar-refractivity contribution in [2.75, 3.05) is 6.61 Å². The van der Waals surface area contributed by atoms with Gasteiger partial charge in [0.1, 0.15) is 19.0 Å². The van der Waals surface area contributed by atoms with E-state index in [-0.39, 0.29) is 18.9 Å². The third-order valence-corrected chi connectivity index (χ3v) is 3.75.